The zero-order valence-corrected chi connectivity index (χ0v) is 14.0. The van der Waals surface area contributed by atoms with Crippen molar-refractivity contribution in [3.8, 4) is 5.69 Å². The minimum atomic E-state index is -0.750. The highest BCUT2D eigenvalue weighted by Gasteiger charge is 2.11. The molecule has 0 radical (unpaired) electrons. The molecule has 0 saturated carbocycles. The fraction of sp³-hybridized carbons (Fsp3) is 0. The van der Waals surface area contributed by atoms with E-state index in [0.717, 1.165) is 10.8 Å². The van der Waals surface area contributed by atoms with Gasteiger partial charge in [-0.3, -0.25) is 9.59 Å². The van der Waals surface area contributed by atoms with Crippen molar-refractivity contribution in [1.82, 2.24) is 20.2 Å². The first-order valence-corrected chi connectivity index (χ1v) is 8.11. The van der Waals surface area contributed by atoms with Crippen molar-refractivity contribution in [3.05, 3.63) is 78.1 Å². The average molecular weight is 358 g/mol. The summed E-state index contributed by atoms with van der Waals surface area (Å²) < 4.78 is 0. The molecular formula is C19H14N6O2. The van der Waals surface area contributed by atoms with E-state index < -0.39 is 5.91 Å². The second kappa shape index (κ2) is 6.68. The number of benzene rings is 3. The van der Waals surface area contributed by atoms with Crippen molar-refractivity contribution in [2.45, 2.75) is 0 Å². The maximum atomic E-state index is 12.7. The largest absolute Gasteiger partial charge is 0.363 e. The summed E-state index contributed by atoms with van der Waals surface area (Å²) in [6.45, 7) is 0. The highest BCUT2D eigenvalue weighted by molar-refractivity contribution is 6.12. The molecule has 0 bridgehead atoms. The van der Waals surface area contributed by atoms with Crippen molar-refractivity contribution in [3.63, 3.8) is 0 Å². The predicted molar refractivity (Wildman–Crippen MR) is 99.6 cm³/mol. The first-order chi connectivity index (χ1) is 13.1. The zero-order chi connectivity index (χ0) is 18.8. The molecule has 8 heteroatoms. The molecule has 0 atom stereocenters. The standard InChI is InChI=1S/C19H14N6O2/c20-17(26)18-22-24-25(23-18)14-10-8-13(9-11-14)21-19(27)16-7-3-5-12-4-1-2-6-15(12)16/h1-11H,(H2,20,26)(H,21,27). The van der Waals surface area contributed by atoms with Gasteiger partial charge in [0.15, 0.2) is 0 Å². The minimum Gasteiger partial charge on any atom is -0.363 e. The number of nitrogens with two attached hydrogens (primary N) is 1. The molecule has 0 aliphatic carbocycles. The van der Waals surface area contributed by atoms with Gasteiger partial charge in [0, 0.05) is 11.3 Å². The van der Waals surface area contributed by atoms with Crippen molar-refractivity contribution in [1.29, 1.82) is 0 Å². The highest BCUT2D eigenvalue weighted by atomic mass is 16.2. The average Bonchev–Trinajstić information content (AvgIpc) is 3.18. The van der Waals surface area contributed by atoms with Crippen LogP contribution in [-0.2, 0) is 0 Å². The van der Waals surface area contributed by atoms with Gasteiger partial charge in [-0.1, -0.05) is 36.4 Å². The Kier molecular flexibility index (Phi) is 4.06. The lowest BCUT2D eigenvalue weighted by Crippen LogP contribution is -2.13. The lowest BCUT2D eigenvalue weighted by atomic mass is 10.0. The summed E-state index contributed by atoms with van der Waals surface area (Å²) >= 11 is 0. The van der Waals surface area contributed by atoms with Crippen molar-refractivity contribution < 1.29 is 9.59 Å². The van der Waals surface area contributed by atoms with E-state index in [4.69, 9.17) is 5.73 Å². The lowest BCUT2D eigenvalue weighted by molar-refractivity contribution is 0.0988. The molecule has 0 spiro atoms. The van der Waals surface area contributed by atoms with Crippen LogP contribution in [0.3, 0.4) is 0 Å². The summed E-state index contributed by atoms with van der Waals surface area (Å²) in [5.41, 5.74) is 6.91. The summed E-state index contributed by atoms with van der Waals surface area (Å²) in [7, 11) is 0. The molecule has 1 aromatic heterocycles. The van der Waals surface area contributed by atoms with Gasteiger partial charge in [-0.2, -0.15) is 0 Å². The number of amides is 2. The number of tetrazole rings is 1. The molecule has 3 aromatic carbocycles. The molecule has 4 rings (SSSR count). The van der Waals surface area contributed by atoms with Crippen molar-refractivity contribution in [2.24, 2.45) is 5.73 Å². The van der Waals surface area contributed by atoms with Crippen LogP contribution in [0.25, 0.3) is 16.5 Å². The number of carbonyl (C=O) groups is 2. The molecule has 27 heavy (non-hydrogen) atoms. The second-order valence-corrected chi connectivity index (χ2v) is 5.79. The molecule has 4 aromatic rings. The van der Waals surface area contributed by atoms with Crippen molar-refractivity contribution >= 4 is 28.3 Å². The SMILES string of the molecule is NC(=O)c1nnn(-c2ccc(NC(=O)c3cccc4ccccc34)cc2)n1. The van der Waals surface area contributed by atoms with Gasteiger partial charge in [-0.15, -0.1) is 15.0 Å². The van der Waals surface area contributed by atoms with Crippen LogP contribution in [0.2, 0.25) is 0 Å². The summed E-state index contributed by atoms with van der Waals surface area (Å²) in [6.07, 6.45) is 0. The Morgan fingerprint density at radius 2 is 1.67 bits per heavy atom. The molecule has 0 saturated heterocycles. The quantitative estimate of drug-likeness (QED) is 0.580. The first kappa shape index (κ1) is 16.4. The molecule has 0 fully saturated rings. The van der Waals surface area contributed by atoms with E-state index in [9.17, 15) is 9.59 Å². The zero-order valence-electron chi connectivity index (χ0n) is 14.0. The number of anilines is 1. The first-order valence-electron chi connectivity index (χ1n) is 8.11. The van der Waals surface area contributed by atoms with E-state index in [1.54, 1.807) is 30.3 Å². The van der Waals surface area contributed by atoms with Gasteiger partial charge in [0.1, 0.15) is 0 Å². The number of fused-ring (bicyclic) bond motifs is 1. The molecule has 2 amide bonds. The smallest absolute Gasteiger partial charge is 0.290 e. The van der Waals surface area contributed by atoms with E-state index >= 15 is 0 Å². The van der Waals surface area contributed by atoms with Crippen LogP contribution in [0, 0.1) is 0 Å². The molecule has 3 N–H and O–H groups in total. The number of nitrogens with zero attached hydrogens (tertiary/aromatic N) is 4. The van der Waals surface area contributed by atoms with Gasteiger partial charge >= 0.3 is 0 Å². The van der Waals surface area contributed by atoms with Crippen LogP contribution in [0.1, 0.15) is 21.0 Å². The second-order valence-electron chi connectivity index (χ2n) is 5.79. The van der Waals surface area contributed by atoms with Gasteiger partial charge < -0.3 is 11.1 Å². The van der Waals surface area contributed by atoms with E-state index in [1.807, 2.05) is 36.4 Å². The minimum absolute atomic E-state index is 0.164. The van der Waals surface area contributed by atoms with E-state index in [0.29, 0.717) is 16.9 Å². The Morgan fingerprint density at radius 1 is 0.926 bits per heavy atom. The highest BCUT2D eigenvalue weighted by Crippen LogP contribution is 2.20. The Bertz CT molecular complexity index is 1150. The van der Waals surface area contributed by atoms with E-state index in [2.05, 4.69) is 20.7 Å². The maximum Gasteiger partial charge on any atom is 0.290 e. The monoisotopic (exact) mass is 358 g/mol. The fourth-order valence-electron chi connectivity index (χ4n) is 2.72. The number of carbonyl (C=O) groups excluding carboxylic acids is 2. The van der Waals surface area contributed by atoms with E-state index in [-0.39, 0.29) is 11.7 Å². The number of primary amides is 1. The third-order valence-corrected chi connectivity index (χ3v) is 4.02. The molecule has 0 unspecified atom stereocenters. The van der Waals surface area contributed by atoms with Crippen LogP contribution < -0.4 is 11.1 Å². The predicted octanol–water partition coefficient (Wildman–Crippen LogP) is 2.17. The Morgan fingerprint density at radius 3 is 2.41 bits per heavy atom. The molecule has 0 aliphatic heterocycles. The van der Waals surface area contributed by atoms with Crippen LogP contribution >= 0.6 is 0 Å². The van der Waals surface area contributed by atoms with Crippen LogP contribution in [-0.4, -0.2) is 32.0 Å². The van der Waals surface area contributed by atoms with Gasteiger partial charge in [-0.05, 0) is 46.3 Å². The van der Waals surface area contributed by atoms with Crippen molar-refractivity contribution in [2.75, 3.05) is 5.32 Å². The molecule has 1 heterocycles. The van der Waals surface area contributed by atoms with Gasteiger partial charge in [0.2, 0.25) is 0 Å². The van der Waals surface area contributed by atoms with Gasteiger partial charge in [-0.25, -0.2) is 0 Å². The molecular weight excluding hydrogens is 344 g/mol. The summed E-state index contributed by atoms with van der Waals surface area (Å²) in [5, 5.41) is 16.0. The topological polar surface area (TPSA) is 116 Å². The summed E-state index contributed by atoms with van der Waals surface area (Å²) in [6, 6.07) is 20.2. The van der Waals surface area contributed by atoms with Crippen LogP contribution in [0.4, 0.5) is 5.69 Å². The Hall–Kier alpha value is -4.07. The van der Waals surface area contributed by atoms with E-state index in [1.165, 1.54) is 4.80 Å². The number of nitrogens with one attached hydrogen (secondary N) is 1. The number of hydrogen-bond donors (Lipinski definition) is 2. The Balaban J connectivity index is 1.55. The van der Waals surface area contributed by atoms with Crippen LogP contribution in [0.15, 0.2) is 66.7 Å². The third-order valence-electron chi connectivity index (χ3n) is 4.02. The normalized spacial score (nSPS) is 10.7. The van der Waals surface area contributed by atoms with Gasteiger partial charge in [0.25, 0.3) is 17.6 Å². The third kappa shape index (κ3) is 3.23. The molecule has 0 aliphatic rings. The summed E-state index contributed by atoms with van der Waals surface area (Å²) in [5.74, 6) is -1.11. The Labute approximate surface area is 153 Å². The lowest BCUT2D eigenvalue weighted by Gasteiger charge is -2.08. The molecule has 8 nitrogen and oxygen atoms in total. The van der Waals surface area contributed by atoms with Gasteiger partial charge in [0.05, 0.1) is 5.69 Å². The molecule has 132 valence electrons. The fourth-order valence-corrected chi connectivity index (χ4v) is 2.72. The number of aromatic nitrogens is 4. The number of hydrogen-bond acceptors (Lipinski definition) is 5. The van der Waals surface area contributed by atoms with Crippen LogP contribution in [0.5, 0.6) is 0 Å². The summed E-state index contributed by atoms with van der Waals surface area (Å²) in [4.78, 5) is 24.9. The number of rotatable bonds is 4. The maximum absolute atomic E-state index is 12.7.